The van der Waals surface area contributed by atoms with Gasteiger partial charge in [-0.2, -0.15) is 0 Å². The average molecular weight is 394 g/mol. The number of rotatable bonds is 4. The fourth-order valence-corrected chi connectivity index (χ4v) is 5.53. The summed E-state index contributed by atoms with van der Waals surface area (Å²) in [5.74, 6) is 0.260. The molecule has 1 saturated heterocycles. The van der Waals surface area contributed by atoms with E-state index >= 15 is 0 Å². The van der Waals surface area contributed by atoms with Gasteiger partial charge in [0.1, 0.15) is 5.82 Å². The normalized spacial score (nSPS) is 25.7. The van der Waals surface area contributed by atoms with Crippen LogP contribution in [0.1, 0.15) is 41.6 Å². The van der Waals surface area contributed by atoms with E-state index in [0.717, 1.165) is 39.1 Å². The number of hydrogen-bond donors (Lipinski definition) is 0. The number of nitrogens with zero attached hydrogens (tertiary/aromatic N) is 3. The van der Waals surface area contributed by atoms with E-state index in [0.29, 0.717) is 17.9 Å². The predicted molar refractivity (Wildman–Crippen MR) is 115 cm³/mol. The molecule has 0 saturated carbocycles. The van der Waals surface area contributed by atoms with Crippen molar-refractivity contribution in [3.63, 3.8) is 0 Å². The van der Waals surface area contributed by atoms with Crippen LogP contribution in [0.3, 0.4) is 0 Å². The van der Waals surface area contributed by atoms with Crippen LogP contribution in [0.4, 0.5) is 15.8 Å². The number of benzene rings is 2. The Hall–Kier alpha value is -2.40. The predicted octanol–water partition coefficient (Wildman–Crippen LogP) is 3.92. The number of Topliss-reactive ketones (excluding diaryl/α,β-unsaturated/α-hetero) is 1. The Balaban J connectivity index is 1.32. The van der Waals surface area contributed by atoms with Crippen LogP contribution in [0.5, 0.6) is 0 Å². The summed E-state index contributed by atoms with van der Waals surface area (Å²) in [7, 11) is 2.19. The van der Waals surface area contributed by atoms with Gasteiger partial charge >= 0.3 is 0 Å². The van der Waals surface area contributed by atoms with E-state index in [4.69, 9.17) is 0 Å². The van der Waals surface area contributed by atoms with Gasteiger partial charge in [0.15, 0.2) is 5.78 Å². The second-order valence-corrected chi connectivity index (χ2v) is 8.93. The third kappa shape index (κ3) is 2.94. The van der Waals surface area contributed by atoms with E-state index in [9.17, 15) is 9.18 Å². The molecule has 0 N–H and O–H groups in total. The molecule has 3 heterocycles. The van der Waals surface area contributed by atoms with Crippen molar-refractivity contribution in [2.24, 2.45) is 0 Å². The molecule has 2 aromatic carbocycles. The second kappa shape index (κ2) is 6.84. The number of likely N-dealkylation sites (tertiary alicyclic amines) is 1. The quantitative estimate of drug-likeness (QED) is 0.736. The first-order valence-corrected chi connectivity index (χ1v) is 10.6. The van der Waals surface area contributed by atoms with Crippen molar-refractivity contribution in [1.82, 2.24) is 4.90 Å². The maximum Gasteiger partial charge on any atom is 0.164 e. The summed E-state index contributed by atoms with van der Waals surface area (Å²) in [6.45, 7) is 7.33. The van der Waals surface area contributed by atoms with Gasteiger partial charge in [0.05, 0.1) is 11.4 Å². The Kier molecular flexibility index (Phi) is 4.39. The summed E-state index contributed by atoms with van der Waals surface area (Å²) in [6.07, 6.45) is 1.59. The molecule has 2 atom stereocenters. The topological polar surface area (TPSA) is 26.8 Å². The minimum absolute atomic E-state index is 0.0913. The van der Waals surface area contributed by atoms with E-state index in [1.54, 1.807) is 12.1 Å². The standard InChI is InChI=1S/C24H28FN3O/c1-24-11-13-27(12-10-22(29)17-6-8-18(25)9-7-17)16-20(24)19-4-3-5-21-23(19)28(24)15-14-26(21)2/h3-9,20H,10-16H2,1-2H3/t20-,24-/m0/s1. The van der Waals surface area contributed by atoms with E-state index in [-0.39, 0.29) is 17.1 Å². The van der Waals surface area contributed by atoms with Gasteiger partial charge in [0, 0.05) is 63.2 Å². The number of anilines is 2. The second-order valence-electron chi connectivity index (χ2n) is 8.93. The number of para-hydroxylation sites is 1. The zero-order chi connectivity index (χ0) is 20.2. The fraction of sp³-hybridized carbons (Fsp3) is 0.458. The van der Waals surface area contributed by atoms with Crippen molar-refractivity contribution in [3.8, 4) is 0 Å². The highest BCUT2D eigenvalue weighted by Crippen LogP contribution is 2.55. The molecular weight excluding hydrogens is 365 g/mol. The number of halogens is 1. The number of ketones is 1. The van der Waals surface area contributed by atoms with Gasteiger partial charge in [-0.1, -0.05) is 12.1 Å². The van der Waals surface area contributed by atoms with Crippen molar-refractivity contribution in [3.05, 3.63) is 59.4 Å². The molecule has 3 aliphatic rings. The van der Waals surface area contributed by atoms with Crippen molar-refractivity contribution >= 4 is 17.2 Å². The molecule has 3 aliphatic heterocycles. The maximum atomic E-state index is 13.1. The molecule has 0 spiro atoms. The minimum Gasteiger partial charge on any atom is -0.371 e. The van der Waals surface area contributed by atoms with Crippen LogP contribution < -0.4 is 9.80 Å². The summed E-state index contributed by atoms with van der Waals surface area (Å²) in [5, 5.41) is 0. The monoisotopic (exact) mass is 393 g/mol. The lowest BCUT2D eigenvalue weighted by Crippen LogP contribution is -2.57. The van der Waals surface area contributed by atoms with Gasteiger partial charge in [-0.05, 0) is 49.2 Å². The zero-order valence-electron chi connectivity index (χ0n) is 17.2. The molecule has 152 valence electrons. The molecule has 5 rings (SSSR count). The summed E-state index contributed by atoms with van der Waals surface area (Å²) in [4.78, 5) is 20.0. The van der Waals surface area contributed by atoms with E-state index in [1.807, 2.05) is 0 Å². The number of fused-ring (bicyclic) bond motifs is 3. The smallest absolute Gasteiger partial charge is 0.164 e. The van der Waals surface area contributed by atoms with Crippen LogP contribution in [0.25, 0.3) is 0 Å². The van der Waals surface area contributed by atoms with Gasteiger partial charge in [0.25, 0.3) is 0 Å². The molecule has 4 nitrogen and oxygen atoms in total. The first-order chi connectivity index (χ1) is 14.0. The first kappa shape index (κ1) is 18.6. The largest absolute Gasteiger partial charge is 0.371 e. The van der Waals surface area contributed by atoms with E-state index < -0.39 is 0 Å². The highest BCUT2D eigenvalue weighted by molar-refractivity contribution is 5.96. The van der Waals surface area contributed by atoms with Crippen molar-refractivity contribution < 1.29 is 9.18 Å². The van der Waals surface area contributed by atoms with Crippen LogP contribution in [0.2, 0.25) is 0 Å². The lowest BCUT2D eigenvalue weighted by atomic mass is 9.78. The molecule has 1 fully saturated rings. The Morgan fingerprint density at radius 3 is 2.72 bits per heavy atom. The third-order valence-electron chi connectivity index (χ3n) is 7.33. The summed E-state index contributed by atoms with van der Waals surface area (Å²) < 4.78 is 13.1. The Bertz CT molecular complexity index is 944. The maximum absolute atomic E-state index is 13.1. The summed E-state index contributed by atoms with van der Waals surface area (Å²) in [6, 6.07) is 12.6. The Morgan fingerprint density at radius 2 is 1.93 bits per heavy atom. The van der Waals surface area contributed by atoms with Crippen LogP contribution in [-0.4, -0.2) is 56.0 Å². The Labute approximate surface area is 171 Å². The third-order valence-corrected chi connectivity index (χ3v) is 7.33. The van der Waals surface area contributed by atoms with Crippen LogP contribution in [-0.2, 0) is 0 Å². The summed E-state index contributed by atoms with van der Waals surface area (Å²) >= 11 is 0. The zero-order valence-corrected chi connectivity index (χ0v) is 17.2. The molecule has 0 aliphatic carbocycles. The van der Waals surface area contributed by atoms with Gasteiger partial charge in [0.2, 0.25) is 0 Å². The molecule has 0 bridgehead atoms. The number of hydrogen-bond acceptors (Lipinski definition) is 4. The molecule has 0 amide bonds. The number of carbonyl (C=O) groups is 1. The van der Waals surface area contributed by atoms with Gasteiger partial charge in [-0.25, -0.2) is 4.39 Å². The molecule has 0 radical (unpaired) electrons. The number of carbonyl (C=O) groups excluding carboxylic acids is 1. The van der Waals surface area contributed by atoms with Gasteiger partial charge in [-0.3, -0.25) is 4.79 Å². The average Bonchev–Trinajstić information content (AvgIpc) is 2.98. The van der Waals surface area contributed by atoms with E-state index in [2.05, 4.69) is 46.9 Å². The summed E-state index contributed by atoms with van der Waals surface area (Å²) in [5.41, 5.74) is 5.01. The van der Waals surface area contributed by atoms with Crippen LogP contribution in [0.15, 0.2) is 42.5 Å². The molecule has 0 aromatic heterocycles. The van der Waals surface area contributed by atoms with Gasteiger partial charge < -0.3 is 14.7 Å². The van der Waals surface area contributed by atoms with Crippen LogP contribution >= 0.6 is 0 Å². The minimum atomic E-state index is -0.302. The first-order valence-electron chi connectivity index (χ1n) is 10.6. The molecule has 5 heteroatoms. The Morgan fingerprint density at radius 1 is 1.14 bits per heavy atom. The lowest BCUT2D eigenvalue weighted by molar-refractivity contribution is 0.0937. The SMILES string of the molecule is CN1CCN2c3c(cccc31)[C@@H]1CN(CCC(=O)c3ccc(F)cc3)CC[C@@]12C. The van der Waals surface area contributed by atoms with Crippen molar-refractivity contribution in [2.45, 2.75) is 31.2 Å². The lowest BCUT2D eigenvalue weighted by Gasteiger charge is -2.49. The molecular formula is C24H28FN3O. The van der Waals surface area contributed by atoms with Gasteiger partial charge in [-0.15, -0.1) is 0 Å². The van der Waals surface area contributed by atoms with Crippen LogP contribution in [0, 0.1) is 5.82 Å². The molecule has 0 unspecified atom stereocenters. The van der Waals surface area contributed by atoms with E-state index in [1.165, 1.54) is 29.1 Å². The van der Waals surface area contributed by atoms with Crippen molar-refractivity contribution in [2.75, 3.05) is 49.6 Å². The number of piperidine rings is 1. The highest BCUT2D eigenvalue weighted by Gasteiger charge is 2.52. The molecule has 29 heavy (non-hydrogen) atoms. The highest BCUT2D eigenvalue weighted by atomic mass is 19.1. The fourth-order valence-electron chi connectivity index (χ4n) is 5.53. The number of likely N-dealkylation sites (N-methyl/N-ethyl adjacent to an activating group) is 1. The van der Waals surface area contributed by atoms with Crippen molar-refractivity contribution in [1.29, 1.82) is 0 Å². The molecule has 2 aromatic rings.